The monoisotopic (exact) mass is 419 g/mol. The van der Waals surface area contributed by atoms with E-state index in [4.69, 9.17) is 0 Å². The predicted octanol–water partition coefficient (Wildman–Crippen LogP) is 4.00. The van der Waals surface area contributed by atoms with Gasteiger partial charge < -0.3 is 5.32 Å². The van der Waals surface area contributed by atoms with Crippen molar-refractivity contribution in [3.05, 3.63) is 72.1 Å². The van der Waals surface area contributed by atoms with Gasteiger partial charge in [0.25, 0.3) is 0 Å². The maximum Gasteiger partial charge on any atom is 0.231 e. The summed E-state index contributed by atoms with van der Waals surface area (Å²) in [5.41, 5.74) is 1.18. The van der Waals surface area contributed by atoms with Crippen molar-refractivity contribution in [2.45, 2.75) is 37.9 Å². The van der Waals surface area contributed by atoms with Crippen molar-refractivity contribution >= 4 is 17.7 Å². The molecule has 0 bridgehead atoms. The molecule has 0 saturated carbocycles. The minimum atomic E-state index is -0.900. The molecule has 1 atom stereocenters. The highest BCUT2D eigenvalue weighted by atomic mass is 32.2. The van der Waals surface area contributed by atoms with Crippen molar-refractivity contribution in [1.29, 1.82) is 5.26 Å². The van der Waals surface area contributed by atoms with Gasteiger partial charge >= 0.3 is 0 Å². The number of hydrogen-bond acceptors (Lipinski definition) is 5. The normalized spacial score (nSPS) is 12.9. The molecule has 3 rings (SSSR count). The lowest BCUT2D eigenvalue weighted by molar-refractivity contribution is -0.120. The Hall–Kier alpha value is -3.11. The van der Waals surface area contributed by atoms with E-state index in [1.54, 1.807) is 6.92 Å². The van der Waals surface area contributed by atoms with Gasteiger partial charge in [-0.3, -0.25) is 9.36 Å². The Morgan fingerprint density at radius 1 is 1.13 bits per heavy atom. The molecule has 1 unspecified atom stereocenters. The third-order valence-corrected chi connectivity index (χ3v) is 5.97. The summed E-state index contributed by atoms with van der Waals surface area (Å²) < 4.78 is 1.98. The van der Waals surface area contributed by atoms with Crippen molar-refractivity contribution in [2.24, 2.45) is 5.92 Å². The first-order valence-electron chi connectivity index (χ1n) is 9.81. The third kappa shape index (κ3) is 5.08. The first-order chi connectivity index (χ1) is 14.4. The van der Waals surface area contributed by atoms with E-state index >= 15 is 0 Å². The number of amides is 1. The fourth-order valence-electron chi connectivity index (χ4n) is 2.88. The number of rotatable bonds is 8. The Kier molecular flexibility index (Phi) is 6.91. The second-order valence-electron chi connectivity index (χ2n) is 7.54. The minimum Gasteiger partial charge on any atom is -0.337 e. The lowest BCUT2D eigenvalue weighted by Crippen LogP contribution is -2.49. The van der Waals surface area contributed by atoms with E-state index in [1.165, 1.54) is 11.8 Å². The summed E-state index contributed by atoms with van der Waals surface area (Å²) in [6, 6.07) is 22.2. The van der Waals surface area contributed by atoms with Gasteiger partial charge in [0.05, 0.1) is 11.8 Å². The standard InChI is InChI=1S/C23H25N5OS/c1-17(2)23(3,16-24)25-21(29)15-30-22-27-26-20(14-18-10-6-4-7-11-18)28(22)19-12-8-5-9-13-19/h4-13,17H,14-15H2,1-3H3,(H,25,29). The number of para-hydroxylation sites is 1. The Bertz CT molecular complexity index is 1030. The van der Waals surface area contributed by atoms with Gasteiger partial charge in [-0.2, -0.15) is 5.26 Å². The summed E-state index contributed by atoms with van der Waals surface area (Å²) in [5, 5.41) is 21.6. The Labute approximate surface area is 181 Å². The summed E-state index contributed by atoms with van der Waals surface area (Å²) in [6.45, 7) is 5.57. The molecule has 0 radical (unpaired) electrons. The van der Waals surface area contributed by atoms with Gasteiger partial charge in [0.15, 0.2) is 5.16 Å². The smallest absolute Gasteiger partial charge is 0.231 e. The van der Waals surface area contributed by atoms with E-state index in [0.717, 1.165) is 17.1 Å². The van der Waals surface area contributed by atoms with Crippen molar-refractivity contribution in [1.82, 2.24) is 20.1 Å². The molecular formula is C23H25N5OS. The van der Waals surface area contributed by atoms with E-state index in [1.807, 2.05) is 66.9 Å². The van der Waals surface area contributed by atoms with Gasteiger partial charge in [-0.1, -0.05) is 74.1 Å². The number of nitriles is 1. The van der Waals surface area contributed by atoms with Gasteiger partial charge in [-0.05, 0) is 30.5 Å². The fourth-order valence-corrected chi connectivity index (χ4v) is 3.65. The highest BCUT2D eigenvalue weighted by Gasteiger charge is 2.30. The first kappa shape index (κ1) is 21.6. The van der Waals surface area contributed by atoms with E-state index < -0.39 is 5.54 Å². The molecule has 6 nitrogen and oxygen atoms in total. The molecule has 1 amide bonds. The second kappa shape index (κ2) is 9.59. The number of carbonyl (C=O) groups excluding carboxylic acids is 1. The van der Waals surface area contributed by atoms with Crippen molar-refractivity contribution in [3.63, 3.8) is 0 Å². The van der Waals surface area contributed by atoms with Crippen molar-refractivity contribution < 1.29 is 4.79 Å². The zero-order chi connectivity index (χ0) is 21.6. The van der Waals surface area contributed by atoms with Crippen LogP contribution in [0.25, 0.3) is 5.69 Å². The minimum absolute atomic E-state index is 0.00176. The van der Waals surface area contributed by atoms with E-state index in [9.17, 15) is 10.1 Å². The molecule has 3 aromatic rings. The van der Waals surface area contributed by atoms with Crippen LogP contribution in [0, 0.1) is 17.2 Å². The van der Waals surface area contributed by atoms with E-state index in [0.29, 0.717) is 11.6 Å². The van der Waals surface area contributed by atoms with Gasteiger partial charge in [0, 0.05) is 12.1 Å². The molecule has 7 heteroatoms. The maximum atomic E-state index is 12.5. The predicted molar refractivity (Wildman–Crippen MR) is 118 cm³/mol. The van der Waals surface area contributed by atoms with E-state index in [-0.39, 0.29) is 17.6 Å². The van der Waals surface area contributed by atoms with Crippen LogP contribution in [-0.2, 0) is 11.2 Å². The number of aromatic nitrogens is 3. The molecule has 0 aliphatic carbocycles. The largest absolute Gasteiger partial charge is 0.337 e. The average molecular weight is 420 g/mol. The molecule has 154 valence electrons. The van der Waals surface area contributed by atoms with Gasteiger partial charge in [-0.15, -0.1) is 10.2 Å². The first-order valence-corrected chi connectivity index (χ1v) is 10.8. The summed E-state index contributed by atoms with van der Waals surface area (Å²) in [6.07, 6.45) is 0.634. The molecule has 1 aromatic heterocycles. The van der Waals surface area contributed by atoms with Gasteiger partial charge in [0.2, 0.25) is 5.91 Å². The summed E-state index contributed by atoms with van der Waals surface area (Å²) in [4.78, 5) is 12.5. The molecule has 1 N–H and O–H groups in total. The Morgan fingerprint density at radius 3 is 2.37 bits per heavy atom. The highest BCUT2D eigenvalue weighted by Crippen LogP contribution is 2.24. The fraction of sp³-hybridized carbons (Fsp3) is 0.304. The maximum absolute atomic E-state index is 12.5. The molecule has 0 fully saturated rings. The molecular weight excluding hydrogens is 394 g/mol. The van der Waals surface area contributed by atoms with Crippen LogP contribution in [-0.4, -0.2) is 32.0 Å². The van der Waals surface area contributed by atoms with Crippen molar-refractivity contribution in [2.75, 3.05) is 5.75 Å². The third-order valence-electron chi connectivity index (χ3n) is 5.04. The number of thioether (sulfide) groups is 1. The van der Waals surface area contributed by atoms with Crippen LogP contribution in [0.3, 0.4) is 0 Å². The molecule has 0 aliphatic rings. The van der Waals surface area contributed by atoms with Gasteiger partial charge in [0.1, 0.15) is 11.4 Å². The lowest BCUT2D eigenvalue weighted by atomic mass is 9.90. The number of benzene rings is 2. The molecule has 0 saturated heterocycles. The molecule has 0 aliphatic heterocycles. The van der Waals surface area contributed by atoms with Crippen LogP contribution in [0.5, 0.6) is 0 Å². The average Bonchev–Trinajstić information content (AvgIpc) is 3.15. The number of nitrogens with one attached hydrogen (secondary N) is 1. The number of nitrogens with zero attached hydrogens (tertiary/aromatic N) is 4. The molecule has 30 heavy (non-hydrogen) atoms. The van der Waals surface area contributed by atoms with Crippen LogP contribution < -0.4 is 5.32 Å². The summed E-state index contributed by atoms with van der Waals surface area (Å²) >= 11 is 1.31. The topological polar surface area (TPSA) is 83.6 Å². The van der Waals surface area contributed by atoms with Gasteiger partial charge in [-0.25, -0.2) is 0 Å². The molecule has 0 spiro atoms. The SMILES string of the molecule is CC(C)C(C)(C#N)NC(=O)CSc1nnc(Cc2ccccc2)n1-c1ccccc1. The second-order valence-corrected chi connectivity index (χ2v) is 8.48. The zero-order valence-corrected chi connectivity index (χ0v) is 18.2. The summed E-state index contributed by atoms with van der Waals surface area (Å²) in [5.74, 6) is 0.756. The van der Waals surface area contributed by atoms with Crippen LogP contribution in [0.4, 0.5) is 0 Å². The Balaban J connectivity index is 1.81. The van der Waals surface area contributed by atoms with Crippen LogP contribution in [0.2, 0.25) is 0 Å². The number of hydrogen-bond donors (Lipinski definition) is 1. The quantitative estimate of drug-likeness (QED) is 0.558. The lowest BCUT2D eigenvalue weighted by Gasteiger charge is -2.27. The van der Waals surface area contributed by atoms with Crippen LogP contribution in [0.1, 0.15) is 32.2 Å². The van der Waals surface area contributed by atoms with Crippen molar-refractivity contribution in [3.8, 4) is 11.8 Å². The van der Waals surface area contributed by atoms with Crippen LogP contribution >= 0.6 is 11.8 Å². The zero-order valence-electron chi connectivity index (χ0n) is 17.4. The molecule has 2 aromatic carbocycles. The van der Waals surface area contributed by atoms with Crippen LogP contribution in [0.15, 0.2) is 65.8 Å². The highest BCUT2D eigenvalue weighted by molar-refractivity contribution is 7.99. The Morgan fingerprint density at radius 2 is 1.77 bits per heavy atom. The summed E-state index contributed by atoms with van der Waals surface area (Å²) in [7, 11) is 0. The molecule has 1 heterocycles. The van der Waals surface area contributed by atoms with E-state index in [2.05, 4.69) is 33.7 Å². The number of carbonyl (C=O) groups is 1.